The highest BCUT2D eigenvalue weighted by atomic mass is 32.2. The van der Waals surface area contributed by atoms with Crippen LogP contribution < -0.4 is 4.90 Å². The predicted molar refractivity (Wildman–Crippen MR) is 101 cm³/mol. The number of anilines is 1. The Morgan fingerprint density at radius 2 is 1.88 bits per heavy atom. The first-order chi connectivity index (χ1) is 12.4. The van der Waals surface area contributed by atoms with E-state index in [4.69, 9.17) is 5.11 Å². The summed E-state index contributed by atoms with van der Waals surface area (Å²) in [7, 11) is 0. The zero-order valence-electron chi connectivity index (χ0n) is 15.2. The summed E-state index contributed by atoms with van der Waals surface area (Å²) < 4.78 is 26.3. The number of halogens is 2. The number of nitrogens with zero attached hydrogens (tertiary/aromatic N) is 1. The number of rotatable bonds is 5. The zero-order valence-corrected chi connectivity index (χ0v) is 16.0. The molecule has 3 nitrogen and oxygen atoms in total. The molecule has 1 spiro atoms. The molecule has 0 aromatic heterocycles. The summed E-state index contributed by atoms with van der Waals surface area (Å²) in [4.78, 5) is 14.0. The molecule has 0 radical (unpaired) electrons. The Labute approximate surface area is 158 Å². The lowest BCUT2D eigenvalue weighted by molar-refractivity contribution is -0.138. The second-order valence-corrected chi connectivity index (χ2v) is 8.67. The second kappa shape index (κ2) is 8.15. The number of carboxylic acids is 1. The third-order valence-corrected chi connectivity index (χ3v) is 6.93. The van der Waals surface area contributed by atoms with E-state index in [-0.39, 0.29) is 5.56 Å². The van der Waals surface area contributed by atoms with Gasteiger partial charge in [0.2, 0.25) is 0 Å². The standard InChI is InChI=1S/C20H27F2NO2S/c1-26-17-12-15(19(21)22)11-16(13-17)23-8-6-20(7-9-23)4-2-14(3-5-20)10-18(24)25/h11-14,19H,2-10H2,1H3,(H,24,25). The first-order valence-electron chi connectivity index (χ1n) is 9.35. The topological polar surface area (TPSA) is 40.5 Å². The van der Waals surface area contributed by atoms with Crippen molar-refractivity contribution in [1.29, 1.82) is 0 Å². The average Bonchev–Trinajstić information content (AvgIpc) is 2.63. The molecule has 2 aliphatic rings. The molecule has 1 N–H and O–H groups in total. The van der Waals surface area contributed by atoms with Crippen molar-refractivity contribution < 1.29 is 18.7 Å². The Bertz CT molecular complexity index is 635. The molecule has 1 aromatic rings. The molecule has 1 saturated carbocycles. The minimum atomic E-state index is -2.44. The maximum Gasteiger partial charge on any atom is 0.303 e. The van der Waals surface area contributed by atoms with Crippen molar-refractivity contribution in [3.05, 3.63) is 23.8 Å². The van der Waals surface area contributed by atoms with Crippen LogP contribution in [0.5, 0.6) is 0 Å². The van der Waals surface area contributed by atoms with Crippen molar-refractivity contribution >= 4 is 23.4 Å². The Morgan fingerprint density at radius 1 is 1.23 bits per heavy atom. The van der Waals surface area contributed by atoms with Gasteiger partial charge in [0.15, 0.2) is 0 Å². The summed E-state index contributed by atoms with van der Waals surface area (Å²) in [5, 5.41) is 8.97. The fourth-order valence-corrected chi connectivity index (χ4v) is 5.01. The molecule has 1 aliphatic heterocycles. The highest BCUT2D eigenvalue weighted by Gasteiger charge is 2.38. The third-order valence-electron chi connectivity index (χ3n) is 6.22. The summed E-state index contributed by atoms with van der Waals surface area (Å²) >= 11 is 1.50. The van der Waals surface area contributed by atoms with Gasteiger partial charge in [-0.1, -0.05) is 0 Å². The molecule has 6 heteroatoms. The second-order valence-electron chi connectivity index (χ2n) is 7.79. The number of benzene rings is 1. The van der Waals surface area contributed by atoms with Gasteiger partial charge >= 0.3 is 5.97 Å². The third kappa shape index (κ3) is 4.51. The minimum Gasteiger partial charge on any atom is -0.481 e. The normalized spacial score (nSPS) is 20.7. The van der Waals surface area contributed by atoms with Crippen molar-refractivity contribution in [1.82, 2.24) is 0 Å². The van der Waals surface area contributed by atoms with Crippen LogP contribution in [0.4, 0.5) is 14.5 Å². The Balaban J connectivity index is 1.62. The first kappa shape index (κ1) is 19.5. The summed E-state index contributed by atoms with van der Waals surface area (Å²) in [5.74, 6) is -0.368. The van der Waals surface area contributed by atoms with Crippen LogP contribution in [0.3, 0.4) is 0 Å². The molecular formula is C20H27F2NO2S. The number of aliphatic carboxylic acids is 1. The van der Waals surface area contributed by atoms with Crippen molar-refractivity contribution in [3.63, 3.8) is 0 Å². The molecule has 3 rings (SSSR count). The first-order valence-corrected chi connectivity index (χ1v) is 10.6. The van der Waals surface area contributed by atoms with Gasteiger partial charge in [0, 0.05) is 35.7 Å². The summed E-state index contributed by atoms with van der Waals surface area (Å²) in [6.07, 6.45) is 6.11. The predicted octanol–water partition coefficient (Wildman–Crippen LogP) is 5.60. The molecular weight excluding hydrogens is 356 g/mol. The van der Waals surface area contributed by atoms with Gasteiger partial charge in [0.25, 0.3) is 6.43 Å². The number of piperidine rings is 1. The van der Waals surface area contributed by atoms with Crippen LogP contribution in [0.15, 0.2) is 23.1 Å². The van der Waals surface area contributed by atoms with Gasteiger partial charge < -0.3 is 10.0 Å². The number of alkyl halides is 2. The molecule has 26 heavy (non-hydrogen) atoms. The van der Waals surface area contributed by atoms with Gasteiger partial charge in [-0.15, -0.1) is 11.8 Å². The van der Waals surface area contributed by atoms with E-state index in [0.29, 0.717) is 17.8 Å². The zero-order chi connectivity index (χ0) is 18.7. The van der Waals surface area contributed by atoms with Crippen LogP contribution >= 0.6 is 11.8 Å². The van der Waals surface area contributed by atoms with Gasteiger partial charge in [-0.05, 0) is 74.3 Å². The fraction of sp³-hybridized carbons (Fsp3) is 0.650. The van der Waals surface area contributed by atoms with E-state index in [1.807, 2.05) is 12.3 Å². The largest absolute Gasteiger partial charge is 0.481 e. The highest BCUT2D eigenvalue weighted by molar-refractivity contribution is 7.98. The lowest BCUT2D eigenvalue weighted by atomic mass is 9.65. The Morgan fingerprint density at radius 3 is 2.42 bits per heavy atom. The Hall–Kier alpha value is -1.30. The van der Waals surface area contributed by atoms with Crippen molar-refractivity contribution in [2.24, 2.45) is 11.3 Å². The van der Waals surface area contributed by atoms with Gasteiger partial charge in [-0.2, -0.15) is 0 Å². The molecule has 0 amide bonds. The van der Waals surface area contributed by atoms with E-state index in [1.165, 1.54) is 11.8 Å². The van der Waals surface area contributed by atoms with Crippen LogP contribution in [0.1, 0.15) is 56.9 Å². The molecule has 2 fully saturated rings. The quantitative estimate of drug-likeness (QED) is 0.672. The lowest BCUT2D eigenvalue weighted by Gasteiger charge is -2.46. The van der Waals surface area contributed by atoms with E-state index in [0.717, 1.165) is 62.2 Å². The minimum absolute atomic E-state index is 0.0984. The van der Waals surface area contributed by atoms with Crippen LogP contribution in [0, 0.1) is 11.3 Å². The number of thioether (sulfide) groups is 1. The molecule has 1 heterocycles. The molecule has 1 saturated heterocycles. The van der Waals surface area contributed by atoms with Crippen molar-refractivity contribution in [2.75, 3.05) is 24.2 Å². The maximum atomic E-state index is 13.2. The monoisotopic (exact) mass is 383 g/mol. The number of carbonyl (C=O) groups is 1. The molecule has 0 atom stereocenters. The number of hydrogen-bond acceptors (Lipinski definition) is 3. The average molecular weight is 384 g/mol. The van der Waals surface area contributed by atoms with Gasteiger partial charge in [0.1, 0.15) is 0 Å². The maximum absolute atomic E-state index is 13.2. The summed E-state index contributed by atoms with van der Waals surface area (Å²) in [6, 6.07) is 5.22. The summed E-state index contributed by atoms with van der Waals surface area (Å²) in [5.41, 5.74) is 1.33. The molecule has 144 valence electrons. The SMILES string of the molecule is CSc1cc(C(F)F)cc(N2CCC3(CCC(CC(=O)O)CC3)CC2)c1. The molecule has 1 aliphatic carbocycles. The van der Waals surface area contributed by atoms with E-state index in [9.17, 15) is 13.6 Å². The van der Waals surface area contributed by atoms with E-state index < -0.39 is 12.4 Å². The van der Waals surface area contributed by atoms with Gasteiger partial charge in [-0.25, -0.2) is 8.78 Å². The van der Waals surface area contributed by atoms with Gasteiger partial charge in [-0.3, -0.25) is 4.79 Å². The fourth-order valence-electron chi connectivity index (χ4n) is 4.51. The highest BCUT2D eigenvalue weighted by Crippen LogP contribution is 2.47. The van der Waals surface area contributed by atoms with Gasteiger partial charge in [0.05, 0.1) is 0 Å². The van der Waals surface area contributed by atoms with Crippen LogP contribution in [-0.2, 0) is 4.79 Å². The van der Waals surface area contributed by atoms with Crippen LogP contribution in [0.25, 0.3) is 0 Å². The molecule has 0 unspecified atom stereocenters. The molecule has 0 bridgehead atoms. The number of hydrogen-bond donors (Lipinski definition) is 1. The van der Waals surface area contributed by atoms with E-state index >= 15 is 0 Å². The van der Waals surface area contributed by atoms with Crippen LogP contribution in [0.2, 0.25) is 0 Å². The van der Waals surface area contributed by atoms with Crippen molar-refractivity contribution in [2.45, 2.75) is 56.3 Å². The number of carboxylic acid groups (broad SMARTS) is 1. The van der Waals surface area contributed by atoms with E-state index in [2.05, 4.69) is 4.90 Å². The van der Waals surface area contributed by atoms with E-state index in [1.54, 1.807) is 12.1 Å². The van der Waals surface area contributed by atoms with Crippen molar-refractivity contribution in [3.8, 4) is 0 Å². The summed E-state index contributed by atoms with van der Waals surface area (Å²) in [6.45, 7) is 1.79. The smallest absolute Gasteiger partial charge is 0.303 e. The lowest BCUT2D eigenvalue weighted by Crippen LogP contribution is -2.42. The Kier molecular flexibility index (Phi) is 6.10. The van der Waals surface area contributed by atoms with Crippen LogP contribution in [-0.4, -0.2) is 30.4 Å². The molecule has 1 aromatic carbocycles.